The molecule has 7 aromatic carbocycles. The highest BCUT2D eigenvalue weighted by Crippen LogP contribution is 2.47. The van der Waals surface area contributed by atoms with E-state index in [1.165, 1.54) is 32.7 Å². The number of benzene rings is 7. The van der Waals surface area contributed by atoms with Gasteiger partial charge in [-0.3, -0.25) is 0 Å². The lowest BCUT2D eigenvalue weighted by molar-refractivity contribution is 0.621. The second kappa shape index (κ2) is 11.6. The summed E-state index contributed by atoms with van der Waals surface area (Å²) < 4.78 is 28.5. The van der Waals surface area contributed by atoms with E-state index in [1.807, 2.05) is 12.1 Å². The summed E-state index contributed by atoms with van der Waals surface area (Å²) in [5, 5.41) is 4.74. The number of hydrogen-bond acceptors (Lipinski definition) is 2. The van der Waals surface area contributed by atoms with E-state index in [4.69, 9.17) is 0 Å². The molecule has 7 aromatic rings. The van der Waals surface area contributed by atoms with Gasteiger partial charge in [-0.05, 0) is 141 Å². The van der Waals surface area contributed by atoms with Crippen LogP contribution < -0.4 is 9.80 Å². The van der Waals surface area contributed by atoms with Crippen LogP contribution in [0.15, 0.2) is 133 Å². The van der Waals surface area contributed by atoms with E-state index in [1.54, 1.807) is 24.3 Å². The number of halogens is 2. The van der Waals surface area contributed by atoms with Crippen LogP contribution in [0.1, 0.15) is 24.0 Å². The van der Waals surface area contributed by atoms with Crippen LogP contribution in [0.5, 0.6) is 0 Å². The van der Waals surface area contributed by atoms with Gasteiger partial charge in [0, 0.05) is 35.8 Å². The molecule has 0 spiro atoms. The van der Waals surface area contributed by atoms with Crippen molar-refractivity contribution in [2.45, 2.75) is 25.7 Å². The Morgan fingerprint density at radius 3 is 1.29 bits per heavy atom. The SMILES string of the molecule is Fc1ccc2c(c1)CCCN2c1ccc2c(-c3ccccc3)c3cc(N4CCCc5cc(F)ccc54)ccc3c(-c3ccccc3)c2c1. The molecular formula is C44H34F2N2. The second-order valence-corrected chi connectivity index (χ2v) is 13.0. The monoisotopic (exact) mass is 628 g/mol. The summed E-state index contributed by atoms with van der Waals surface area (Å²) >= 11 is 0. The summed E-state index contributed by atoms with van der Waals surface area (Å²) in [7, 11) is 0. The lowest BCUT2D eigenvalue weighted by atomic mass is 9.85. The average molecular weight is 629 g/mol. The minimum Gasteiger partial charge on any atom is -0.341 e. The van der Waals surface area contributed by atoms with Gasteiger partial charge in [-0.25, -0.2) is 8.78 Å². The average Bonchev–Trinajstić information content (AvgIpc) is 3.13. The van der Waals surface area contributed by atoms with Crippen LogP contribution in [0, 0.1) is 11.6 Å². The fraction of sp³-hybridized carbons (Fsp3) is 0.136. The van der Waals surface area contributed by atoms with Crippen molar-refractivity contribution in [2.24, 2.45) is 0 Å². The molecule has 0 aromatic heterocycles. The Kier molecular flexibility index (Phi) is 6.97. The Morgan fingerprint density at radius 1 is 0.417 bits per heavy atom. The van der Waals surface area contributed by atoms with Gasteiger partial charge >= 0.3 is 0 Å². The van der Waals surface area contributed by atoms with E-state index >= 15 is 0 Å². The maximum Gasteiger partial charge on any atom is 0.123 e. The van der Waals surface area contributed by atoms with E-state index in [0.29, 0.717) is 0 Å². The van der Waals surface area contributed by atoms with Gasteiger partial charge in [0.25, 0.3) is 0 Å². The van der Waals surface area contributed by atoms with Gasteiger partial charge in [0.2, 0.25) is 0 Å². The van der Waals surface area contributed by atoms with Gasteiger partial charge in [0.15, 0.2) is 0 Å². The molecule has 2 heterocycles. The summed E-state index contributed by atoms with van der Waals surface area (Å²) in [6, 6.07) is 45.4. The Balaban J connectivity index is 1.33. The first-order chi connectivity index (χ1) is 23.6. The topological polar surface area (TPSA) is 6.48 Å². The molecule has 234 valence electrons. The first kappa shape index (κ1) is 28.7. The fourth-order valence-electron chi connectivity index (χ4n) is 8.04. The molecule has 9 rings (SSSR count). The molecule has 2 aliphatic rings. The van der Waals surface area contributed by atoms with E-state index in [2.05, 4.69) is 107 Å². The predicted octanol–water partition coefficient (Wildman–Crippen LogP) is 11.8. The molecule has 2 aliphatic heterocycles. The summed E-state index contributed by atoms with van der Waals surface area (Å²) in [5.41, 5.74) is 11.2. The fourth-order valence-corrected chi connectivity index (χ4v) is 8.04. The van der Waals surface area contributed by atoms with Gasteiger partial charge in [0.1, 0.15) is 11.6 Å². The van der Waals surface area contributed by atoms with Crippen LogP contribution >= 0.6 is 0 Å². The van der Waals surface area contributed by atoms with E-state index in [0.717, 1.165) is 83.8 Å². The zero-order chi connectivity index (χ0) is 32.2. The zero-order valence-corrected chi connectivity index (χ0v) is 26.6. The summed E-state index contributed by atoms with van der Waals surface area (Å²) in [6.07, 6.45) is 3.71. The van der Waals surface area contributed by atoms with Crippen molar-refractivity contribution >= 4 is 44.3 Å². The molecule has 0 saturated heterocycles. The van der Waals surface area contributed by atoms with Crippen molar-refractivity contribution < 1.29 is 8.78 Å². The lowest BCUT2D eigenvalue weighted by Gasteiger charge is -2.32. The Bertz CT molecular complexity index is 2170. The zero-order valence-electron chi connectivity index (χ0n) is 26.6. The Morgan fingerprint density at radius 2 is 0.854 bits per heavy atom. The van der Waals surface area contributed by atoms with Crippen LogP contribution in [0.3, 0.4) is 0 Å². The van der Waals surface area contributed by atoms with E-state index in [-0.39, 0.29) is 11.6 Å². The highest BCUT2D eigenvalue weighted by molar-refractivity contribution is 6.22. The normalized spacial score (nSPS) is 14.3. The van der Waals surface area contributed by atoms with Crippen molar-refractivity contribution in [3.05, 3.63) is 156 Å². The number of nitrogens with zero attached hydrogens (tertiary/aromatic N) is 2. The summed E-state index contributed by atoms with van der Waals surface area (Å²) in [4.78, 5) is 4.69. The molecule has 0 amide bonds. The number of rotatable bonds is 4. The standard InChI is InChI=1S/C44H34F2N2/c45-33-15-21-41-31(25-33)13-7-23-47(41)35-18-20-38-39(27-35)43(29-9-3-1-4-10-29)37-19-17-36(28-40(37)44(38)30-11-5-2-6-12-30)48-24-8-14-32-26-34(46)16-22-42(32)48/h1-6,9-12,15-22,25-28H,7-8,13-14,23-24H2. The van der Waals surface area contributed by atoms with Crippen molar-refractivity contribution in [2.75, 3.05) is 22.9 Å². The molecule has 0 unspecified atom stereocenters. The third-order valence-corrected chi connectivity index (χ3v) is 10.2. The molecular weight excluding hydrogens is 594 g/mol. The molecule has 48 heavy (non-hydrogen) atoms. The minimum atomic E-state index is -0.181. The number of anilines is 4. The van der Waals surface area contributed by atoms with Crippen LogP contribution in [0.25, 0.3) is 43.8 Å². The first-order valence-electron chi connectivity index (χ1n) is 16.9. The smallest absolute Gasteiger partial charge is 0.123 e. The second-order valence-electron chi connectivity index (χ2n) is 13.0. The maximum atomic E-state index is 14.2. The van der Waals surface area contributed by atoms with Crippen LogP contribution in [0.2, 0.25) is 0 Å². The van der Waals surface area contributed by atoms with Crippen molar-refractivity contribution in [1.82, 2.24) is 0 Å². The predicted molar refractivity (Wildman–Crippen MR) is 196 cm³/mol. The number of fused-ring (bicyclic) bond motifs is 4. The third-order valence-electron chi connectivity index (χ3n) is 10.2. The van der Waals surface area contributed by atoms with E-state index < -0.39 is 0 Å². The Labute approximate surface area is 279 Å². The van der Waals surface area contributed by atoms with Gasteiger partial charge < -0.3 is 9.80 Å². The molecule has 2 nitrogen and oxygen atoms in total. The minimum absolute atomic E-state index is 0.181. The van der Waals surface area contributed by atoms with Gasteiger partial charge in [-0.1, -0.05) is 72.8 Å². The van der Waals surface area contributed by atoms with Crippen molar-refractivity contribution in [3.63, 3.8) is 0 Å². The van der Waals surface area contributed by atoms with Crippen LogP contribution in [-0.4, -0.2) is 13.1 Å². The van der Waals surface area contributed by atoms with Gasteiger partial charge in [-0.2, -0.15) is 0 Å². The van der Waals surface area contributed by atoms with Gasteiger partial charge in [-0.15, -0.1) is 0 Å². The molecule has 0 saturated carbocycles. The van der Waals surface area contributed by atoms with Gasteiger partial charge in [0.05, 0.1) is 0 Å². The molecule has 0 N–H and O–H groups in total. The summed E-state index contributed by atoms with van der Waals surface area (Å²) in [6.45, 7) is 1.77. The van der Waals surface area contributed by atoms with Crippen LogP contribution in [0.4, 0.5) is 31.5 Å². The molecule has 0 fully saturated rings. The van der Waals surface area contributed by atoms with E-state index in [9.17, 15) is 8.78 Å². The molecule has 4 heteroatoms. The Hall–Kier alpha value is -5.48. The molecule has 0 atom stereocenters. The number of aryl methyl sites for hydroxylation is 2. The molecule has 0 aliphatic carbocycles. The third kappa shape index (κ3) is 4.83. The van der Waals surface area contributed by atoms with Crippen molar-refractivity contribution in [1.29, 1.82) is 0 Å². The molecule has 0 radical (unpaired) electrons. The summed E-state index contributed by atoms with van der Waals surface area (Å²) in [5.74, 6) is -0.363. The quantitative estimate of drug-likeness (QED) is 0.179. The molecule has 0 bridgehead atoms. The lowest BCUT2D eigenvalue weighted by Crippen LogP contribution is -2.24. The number of hydrogen-bond donors (Lipinski definition) is 0. The van der Waals surface area contributed by atoms with Crippen molar-refractivity contribution in [3.8, 4) is 22.3 Å². The maximum absolute atomic E-state index is 14.2. The van der Waals surface area contributed by atoms with Crippen LogP contribution in [-0.2, 0) is 12.8 Å². The highest BCUT2D eigenvalue weighted by atomic mass is 19.1. The highest BCUT2D eigenvalue weighted by Gasteiger charge is 2.24. The largest absolute Gasteiger partial charge is 0.341 e. The first-order valence-corrected chi connectivity index (χ1v) is 16.9.